The molecule has 0 unspecified atom stereocenters. The lowest BCUT2D eigenvalue weighted by Gasteiger charge is -2.28. The fourth-order valence-electron chi connectivity index (χ4n) is 4.67. The van der Waals surface area contributed by atoms with Gasteiger partial charge in [-0.25, -0.2) is 9.37 Å². The molecule has 4 atom stereocenters. The van der Waals surface area contributed by atoms with Crippen LogP contribution in [0.25, 0.3) is 0 Å². The predicted octanol–water partition coefficient (Wildman–Crippen LogP) is 1.87. The van der Waals surface area contributed by atoms with Crippen LogP contribution in [-0.2, 0) is 34.2 Å². The molecule has 2 amide bonds. The number of halogens is 1. The van der Waals surface area contributed by atoms with Crippen molar-refractivity contribution in [1.82, 2.24) is 19.8 Å². The summed E-state index contributed by atoms with van der Waals surface area (Å²) in [5.41, 5.74) is 1.51. The summed E-state index contributed by atoms with van der Waals surface area (Å²) in [6, 6.07) is 5.49. The van der Waals surface area contributed by atoms with Gasteiger partial charge in [-0.05, 0) is 36.5 Å². The Hall–Kier alpha value is -3.07. The van der Waals surface area contributed by atoms with Gasteiger partial charge in [0.1, 0.15) is 36.8 Å². The number of nitrogens with zero attached hydrogens (tertiary/aromatic N) is 3. The molecule has 0 bridgehead atoms. The molecule has 0 aliphatic carbocycles. The molecule has 4 rings (SSSR count). The van der Waals surface area contributed by atoms with Crippen molar-refractivity contribution in [3.8, 4) is 0 Å². The molecule has 2 fully saturated rings. The van der Waals surface area contributed by atoms with E-state index in [1.54, 1.807) is 18.3 Å². The molecule has 34 heavy (non-hydrogen) atoms. The fraction of sp³-hybridized carbons (Fsp3) is 0.520. The van der Waals surface area contributed by atoms with Crippen molar-refractivity contribution in [2.24, 2.45) is 13.0 Å². The molecule has 0 radical (unpaired) electrons. The summed E-state index contributed by atoms with van der Waals surface area (Å²) < 4.78 is 21.6. The van der Waals surface area contributed by atoms with Crippen LogP contribution in [0.3, 0.4) is 0 Å². The van der Waals surface area contributed by atoms with Crippen LogP contribution in [0, 0.1) is 5.92 Å². The normalized spacial score (nSPS) is 22.8. The van der Waals surface area contributed by atoms with Crippen molar-refractivity contribution in [3.05, 3.63) is 53.6 Å². The fourth-order valence-corrected chi connectivity index (χ4v) is 4.67. The van der Waals surface area contributed by atoms with Crippen molar-refractivity contribution in [1.29, 1.82) is 0 Å². The number of ketones is 1. The summed E-state index contributed by atoms with van der Waals surface area (Å²) in [5, 5.41) is 2.81. The number of rotatable bonds is 8. The maximum Gasteiger partial charge on any atom is 0.251 e. The third kappa shape index (κ3) is 5.04. The highest BCUT2D eigenvalue weighted by molar-refractivity contribution is 5.99. The van der Waals surface area contributed by atoms with E-state index in [1.165, 1.54) is 4.90 Å². The molecular formula is C25H31FN4O4. The monoisotopic (exact) mass is 470 g/mol. The zero-order chi connectivity index (χ0) is 24.4. The van der Waals surface area contributed by atoms with Gasteiger partial charge >= 0.3 is 0 Å². The Bertz CT molecular complexity index is 1050. The van der Waals surface area contributed by atoms with Gasteiger partial charge in [0.15, 0.2) is 5.78 Å². The first-order valence-corrected chi connectivity index (χ1v) is 11.7. The van der Waals surface area contributed by atoms with Gasteiger partial charge in [0.05, 0.1) is 6.54 Å². The highest BCUT2D eigenvalue weighted by atomic mass is 19.1. The first-order valence-electron chi connectivity index (χ1n) is 11.7. The quantitative estimate of drug-likeness (QED) is 0.636. The van der Waals surface area contributed by atoms with Gasteiger partial charge in [-0.2, -0.15) is 0 Å². The number of carbonyl (C=O) groups is 3. The number of carbonyl (C=O) groups excluding carboxylic acids is 3. The molecule has 1 N–H and O–H groups in total. The van der Waals surface area contributed by atoms with Crippen LogP contribution in [0.5, 0.6) is 0 Å². The lowest BCUT2D eigenvalue weighted by atomic mass is 10.0. The number of nitrogens with one attached hydrogen (secondary N) is 1. The summed E-state index contributed by atoms with van der Waals surface area (Å²) in [4.78, 5) is 44.0. The summed E-state index contributed by atoms with van der Waals surface area (Å²) in [6.07, 6.45) is 3.31. The molecule has 2 aromatic rings. The minimum atomic E-state index is -1.41. The Morgan fingerprint density at radius 3 is 2.62 bits per heavy atom. The summed E-state index contributed by atoms with van der Waals surface area (Å²) >= 11 is 0. The molecule has 8 nitrogen and oxygen atoms in total. The van der Waals surface area contributed by atoms with E-state index >= 15 is 0 Å². The average Bonchev–Trinajstić information content (AvgIpc) is 3.49. The topological polar surface area (TPSA) is 93.5 Å². The highest BCUT2D eigenvalue weighted by Crippen LogP contribution is 2.30. The van der Waals surface area contributed by atoms with Gasteiger partial charge < -0.3 is 19.5 Å². The Kier molecular flexibility index (Phi) is 7.11. The minimum absolute atomic E-state index is 0.109. The number of ether oxygens (including phenoxy) is 1. The molecule has 2 aliphatic rings. The van der Waals surface area contributed by atoms with Crippen molar-refractivity contribution in [2.75, 3.05) is 13.2 Å². The number of alkyl halides is 1. The lowest BCUT2D eigenvalue weighted by molar-refractivity contribution is -0.138. The second-order valence-electron chi connectivity index (χ2n) is 9.50. The van der Waals surface area contributed by atoms with E-state index < -0.39 is 30.3 Å². The number of Topliss-reactive ketones (excluding diaryl/α,β-unsaturated/α-hetero) is 1. The number of aromatic nitrogens is 2. The smallest absolute Gasteiger partial charge is 0.251 e. The SMILES string of the molecule is CC(C)C[C@H](NC(=O)c1ccc(CCc2nccn2C)cc1)C(=O)N1C[C@H](F)[C@H]2OCC(=O)[C@H]21. The Morgan fingerprint density at radius 2 is 1.97 bits per heavy atom. The van der Waals surface area contributed by atoms with Gasteiger partial charge in [-0.15, -0.1) is 0 Å². The lowest BCUT2D eigenvalue weighted by Crippen LogP contribution is -2.52. The second kappa shape index (κ2) is 10.0. The minimum Gasteiger partial charge on any atom is -0.365 e. The van der Waals surface area contributed by atoms with Gasteiger partial charge in [0, 0.05) is 31.4 Å². The molecule has 2 aliphatic heterocycles. The van der Waals surface area contributed by atoms with Crippen molar-refractivity contribution in [2.45, 2.75) is 57.5 Å². The number of hydrogen-bond donors (Lipinski definition) is 1. The molecule has 1 aromatic heterocycles. The predicted molar refractivity (Wildman–Crippen MR) is 123 cm³/mol. The molecule has 1 aromatic carbocycles. The largest absolute Gasteiger partial charge is 0.365 e. The number of aryl methyl sites for hydroxylation is 3. The summed E-state index contributed by atoms with van der Waals surface area (Å²) in [5.74, 6) is -0.0197. The number of imidazole rings is 1. The second-order valence-corrected chi connectivity index (χ2v) is 9.50. The molecule has 0 saturated carbocycles. The number of fused-ring (bicyclic) bond motifs is 1. The van der Waals surface area contributed by atoms with Crippen LogP contribution in [0.1, 0.15) is 42.0 Å². The molecule has 9 heteroatoms. The Balaban J connectivity index is 1.41. The Labute approximate surface area is 198 Å². The van der Waals surface area contributed by atoms with Crippen LogP contribution in [0.15, 0.2) is 36.7 Å². The highest BCUT2D eigenvalue weighted by Gasteiger charge is 2.53. The molecule has 2 saturated heterocycles. The van der Waals surface area contributed by atoms with E-state index in [0.717, 1.165) is 24.2 Å². The summed E-state index contributed by atoms with van der Waals surface area (Å²) in [6.45, 7) is 3.50. The van der Waals surface area contributed by atoms with E-state index in [2.05, 4.69) is 10.3 Å². The van der Waals surface area contributed by atoms with Crippen molar-refractivity contribution in [3.63, 3.8) is 0 Å². The van der Waals surface area contributed by atoms with Gasteiger partial charge in [0.25, 0.3) is 5.91 Å². The maximum absolute atomic E-state index is 14.4. The van der Waals surface area contributed by atoms with Crippen LogP contribution in [-0.4, -0.2) is 69.6 Å². The van der Waals surface area contributed by atoms with E-state index in [0.29, 0.717) is 12.0 Å². The van der Waals surface area contributed by atoms with Crippen molar-refractivity contribution >= 4 is 17.6 Å². The summed E-state index contributed by atoms with van der Waals surface area (Å²) in [7, 11) is 1.95. The average molecular weight is 471 g/mol. The zero-order valence-corrected chi connectivity index (χ0v) is 19.7. The standard InChI is InChI=1S/C25H31FN4O4/c1-15(2)12-19(25(33)30-13-18(26)23-22(30)20(31)14-34-23)28-24(32)17-7-4-16(5-8-17)6-9-21-27-10-11-29(21)3/h4-5,7-8,10-11,15,18-19,22-23H,6,9,12-14H2,1-3H3,(H,28,32)/t18-,19-,22+,23+/m0/s1. The number of likely N-dealkylation sites (tertiary alicyclic amines) is 1. The van der Waals surface area contributed by atoms with Crippen LogP contribution in [0.4, 0.5) is 4.39 Å². The third-order valence-electron chi connectivity index (χ3n) is 6.49. The maximum atomic E-state index is 14.4. The zero-order valence-electron chi connectivity index (χ0n) is 19.7. The first-order chi connectivity index (χ1) is 16.2. The number of hydrogen-bond acceptors (Lipinski definition) is 5. The molecule has 182 valence electrons. The molecule has 3 heterocycles. The third-order valence-corrected chi connectivity index (χ3v) is 6.49. The van der Waals surface area contributed by atoms with E-state index in [9.17, 15) is 18.8 Å². The number of amides is 2. The number of benzene rings is 1. The van der Waals surface area contributed by atoms with E-state index in [-0.39, 0.29) is 30.8 Å². The van der Waals surface area contributed by atoms with Crippen LogP contribution in [0.2, 0.25) is 0 Å². The van der Waals surface area contributed by atoms with Crippen molar-refractivity contribution < 1.29 is 23.5 Å². The van der Waals surface area contributed by atoms with E-state index in [1.807, 2.05) is 43.8 Å². The van der Waals surface area contributed by atoms with Crippen LogP contribution < -0.4 is 5.32 Å². The molecular weight excluding hydrogens is 439 g/mol. The first kappa shape index (κ1) is 24.1. The molecule has 0 spiro atoms. The van der Waals surface area contributed by atoms with Gasteiger partial charge in [-0.3, -0.25) is 14.4 Å². The van der Waals surface area contributed by atoms with Gasteiger partial charge in [0.2, 0.25) is 5.91 Å². The Morgan fingerprint density at radius 1 is 1.24 bits per heavy atom. The van der Waals surface area contributed by atoms with Crippen LogP contribution >= 0.6 is 0 Å². The van der Waals surface area contributed by atoms with Gasteiger partial charge in [-0.1, -0.05) is 26.0 Å². The van der Waals surface area contributed by atoms with E-state index in [4.69, 9.17) is 4.74 Å².